The summed E-state index contributed by atoms with van der Waals surface area (Å²) >= 11 is 0. The van der Waals surface area contributed by atoms with Crippen molar-refractivity contribution in [2.24, 2.45) is 0 Å². The van der Waals surface area contributed by atoms with Crippen LogP contribution in [0.5, 0.6) is 0 Å². The Morgan fingerprint density at radius 2 is 2.11 bits per heavy atom. The minimum atomic E-state index is -0.441. The number of Topliss-reactive ketones (excluding diaryl/α,β-unsaturated/α-hetero) is 1. The fourth-order valence-electron chi connectivity index (χ4n) is 1.95. The smallest absolute Gasteiger partial charge is 0.239 e. The van der Waals surface area contributed by atoms with Crippen LogP contribution < -0.4 is 5.32 Å². The molecule has 0 atom stereocenters. The van der Waals surface area contributed by atoms with Crippen molar-refractivity contribution in [3.05, 3.63) is 35.8 Å². The van der Waals surface area contributed by atoms with Crippen LogP contribution in [-0.4, -0.2) is 23.3 Å². The van der Waals surface area contributed by atoms with Crippen molar-refractivity contribution in [2.45, 2.75) is 13.5 Å². The first kappa shape index (κ1) is 12.3. The van der Waals surface area contributed by atoms with E-state index in [1.807, 2.05) is 0 Å². The Morgan fingerprint density at radius 1 is 1.39 bits per heavy atom. The molecular formula is C13H13FN2O2. The zero-order valence-corrected chi connectivity index (χ0v) is 10.2. The summed E-state index contributed by atoms with van der Waals surface area (Å²) in [6, 6.07) is 4.54. The van der Waals surface area contributed by atoms with E-state index in [0.29, 0.717) is 10.9 Å². The lowest BCUT2D eigenvalue weighted by atomic mass is 10.1. The summed E-state index contributed by atoms with van der Waals surface area (Å²) in [5.74, 6) is -0.838. The van der Waals surface area contributed by atoms with E-state index in [0.717, 1.165) is 0 Å². The molecule has 94 valence electrons. The number of carbonyl (C=O) groups is 2. The van der Waals surface area contributed by atoms with Crippen LogP contribution >= 0.6 is 0 Å². The largest absolute Gasteiger partial charge is 0.358 e. The van der Waals surface area contributed by atoms with Crippen LogP contribution in [0.2, 0.25) is 0 Å². The molecule has 0 aliphatic rings. The number of ketones is 1. The van der Waals surface area contributed by atoms with Gasteiger partial charge in [0.2, 0.25) is 5.91 Å². The van der Waals surface area contributed by atoms with Gasteiger partial charge < -0.3 is 9.88 Å². The van der Waals surface area contributed by atoms with Gasteiger partial charge in [0.15, 0.2) is 5.78 Å². The minimum absolute atomic E-state index is 0.0127. The number of para-hydroxylation sites is 1. The molecule has 4 nitrogen and oxygen atoms in total. The van der Waals surface area contributed by atoms with Gasteiger partial charge in [0.25, 0.3) is 0 Å². The second-order valence-electron chi connectivity index (χ2n) is 4.04. The highest BCUT2D eigenvalue weighted by Crippen LogP contribution is 2.24. The summed E-state index contributed by atoms with van der Waals surface area (Å²) in [6.45, 7) is 1.41. The van der Waals surface area contributed by atoms with E-state index in [9.17, 15) is 14.0 Å². The van der Waals surface area contributed by atoms with Gasteiger partial charge in [-0.05, 0) is 13.0 Å². The molecule has 1 aromatic carbocycles. The SMILES string of the molecule is CNC(=O)Cn1cc(C(C)=O)c2cccc(F)c21. The number of likely N-dealkylation sites (N-methyl/N-ethyl adjacent to an activating group) is 1. The second-order valence-corrected chi connectivity index (χ2v) is 4.04. The Hall–Kier alpha value is -2.17. The minimum Gasteiger partial charge on any atom is -0.358 e. The van der Waals surface area contributed by atoms with Gasteiger partial charge in [-0.1, -0.05) is 12.1 Å². The molecule has 0 saturated carbocycles. The van der Waals surface area contributed by atoms with Crippen LogP contribution in [0.4, 0.5) is 4.39 Å². The fraction of sp³-hybridized carbons (Fsp3) is 0.231. The number of fused-ring (bicyclic) bond motifs is 1. The van der Waals surface area contributed by atoms with Crippen LogP contribution in [0.15, 0.2) is 24.4 Å². The molecule has 0 unspecified atom stereocenters. The quantitative estimate of drug-likeness (QED) is 0.841. The number of nitrogens with zero attached hydrogens (tertiary/aromatic N) is 1. The number of aromatic nitrogens is 1. The van der Waals surface area contributed by atoms with Crippen LogP contribution in [0.25, 0.3) is 10.9 Å². The van der Waals surface area contributed by atoms with Gasteiger partial charge in [-0.3, -0.25) is 9.59 Å². The van der Waals surface area contributed by atoms with E-state index >= 15 is 0 Å². The van der Waals surface area contributed by atoms with Gasteiger partial charge in [0, 0.05) is 24.2 Å². The van der Waals surface area contributed by atoms with E-state index in [4.69, 9.17) is 0 Å². The molecule has 0 radical (unpaired) electrons. The molecule has 0 aliphatic heterocycles. The number of halogens is 1. The Morgan fingerprint density at radius 3 is 2.72 bits per heavy atom. The molecule has 0 fully saturated rings. The monoisotopic (exact) mass is 248 g/mol. The van der Waals surface area contributed by atoms with Crippen molar-refractivity contribution >= 4 is 22.6 Å². The third-order valence-corrected chi connectivity index (χ3v) is 2.82. The lowest BCUT2D eigenvalue weighted by Crippen LogP contribution is -2.23. The molecule has 2 aromatic rings. The van der Waals surface area contributed by atoms with Crippen LogP contribution in [0, 0.1) is 5.82 Å². The Balaban J connectivity index is 2.66. The zero-order chi connectivity index (χ0) is 13.3. The number of rotatable bonds is 3. The molecule has 1 N–H and O–H groups in total. The maximum Gasteiger partial charge on any atom is 0.239 e. The third kappa shape index (κ3) is 1.99. The summed E-state index contributed by atoms with van der Waals surface area (Å²) in [5, 5.41) is 3.00. The summed E-state index contributed by atoms with van der Waals surface area (Å²) in [7, 11) is 1.51. The van der Waals surface area contributed by atoms with Gasteiger partial charge in [0.05, 0.1) is 5.52 Å². The number of benzene rings is 1. The number of hydrogen-bond donors (Lipinski definition) is 1. The normalized spacial score (nSPS) is 10.6. The molecule has 0 spiro atoms. The molecule has 18 heavy (non-hydrogen) atoms. The number of nitrogens with one attached hydrogen (secondary N) is 1. The van der Waals surface area contributed by atoms with Gasteiger partial charge in [-0.15, -0.1) is 0 Å². The maximum atomic E-state index is 13.8. The first-order chi connectivity index (χ1) is 8.54. The molecule has 0 aliphatic carbocycles. The van der Waals surface area contributed by atoms with Gasteiger partial charge in [-0.2, -0.15) is 0 Å². The summed E-state index contributed by atoms with van der Waals surface area (Å²) in [5.41, 5.74) is 0.708. The molecular weight excluding hydrogens is 235 g/mol. The standard InChI is InChI=1S/C13H13FN2O2/c1-8(17)10-6-16(7-12(18)15-2)13-9(10)4-3-5-11(13)14/h3-6H,7H2,1-2H3,(H,15,18). The summed E-state index contributed by atoms with van der Waals surface area (Å²) in [6.07, 6.45) is 1.52. The average Bonchev–Trinajstić information content (AvgIpc) is 2.69. The number of carbonyl (C=O) groups excluding carboxylic acids is 2. The van der Waals surface area contributed by atoms with Crippen molar-refractivity contribution in [1.82, 2.24) is 9.88 Å². The van der Waals surface area contributed by atoms with Crippen molar-refractivity contribution in [2.75, 3.05) is 7.05 Å². The average molecular weight is 248 g/mol. The van der Waals surface area contributed by atoms with Crippen molar-refractivity contribution in [3.8, 4) is 0 Å². The highest BCUT2D eigenvalue weighted by atomic mass is 19.1. The van der Waals surface area contributed by atoms with Crippen molar-refractivity contribution in [3.63, 3.8) is 0 Å². The molecule has 0 saturated heterocycles. The lowest BCUT2D eigenvalue weighted by Gasteiger charge is -2.04. The van der Waals surface area contributed by atoms with Gasteiger partial charge in [0.1, 0.15) is 12.4 Å². The van der Waals surface area contributed by atoms with Gasteiger partial charge >= 0.3 is 0 Å². The topological polar surface area (TPSA) is 51.1 Å². The molecule has 5 heteroatoms. The predicted octanol–water partition coefficient (Wildman–Crippen LogP) is 1.73. The highest BCUT2D eigenvalue weighted by Gasteiger charge is 2.16. The summed E-state index contributed by atoms with van der Waals surface area (Å²) < 4.78 is 15.3. The number of amides is 1. The highest BCUT2D eigenvalue weighted by molar-refractivity contribution is 6.07. The molecule has 2 rings (SSSR count). The van der Waals surface area contributed by atoms with E-state index in [1.165, 1.54) is 30.8 Å². The molecule has 1 amide bonds. The molecule has 1 aromatic heterocycles. The van der Waals surface area contributed by atoms with E-state index in [-0.39, 0.29) is 23.8 Å². The van der Waals surface area contributed by atoms with Crippen LogP contribution in [0.3, 0.4) is 0 Å². The third-order valence-electron chi connectivity index (χ3n) is 2.82. The Labute approximate surface area is 103 Å². The fourth-order valence-corrected chi connectivity index (χ4v) is 1.95. The van der Waals surface area contributed by atoms with E-state index in [1.54, 1.807) is 12.1 Å². The number of hydrogen-bond acceptors (Lipinski definition) is 2. The van der Waals surface area contributed by atoms with E-state index in [2.05, 4.69) is 5.32 Å². The first-order valence-corrected chi connectivity index (χ1v) is 5.53. The van der Waals surface area contributed by atoms with Crippen molar-refractivity contribution in [1.29, 1.82) is 0 Å². The Kier molecular flexibility index (Phi) is 3.14. The summed E-state index contributed by atoms with van der Waals surface area (Å²) in [4.78, 5) is 22.9. The Bertz CT molecular complexity index is 631. The van der Waals surface area contributed by atoms with Crippen molar-refractivity contribution < 1.29 is 14.0 Å². The predicted molar refractivity (Wildman–Crippen MR) is 66.0 cm³/mol. The van der Waals surface area contributed by atoms with Crippen LogP contribution in [-0.2, 0) is 11.3 Å². The maximum absolute atomic E-state index is 13.8. The zero-order valence-electron chi connectivity index (χ0n) is 10.2. The first-order valence-electron chi connectivity index (χ1n) is 5.53. The lowest BCUT2D eigenvalue weighted by molar-refractivity contribution is -0.121. The van der Waals surface area contributed by atoms with E-state index < -0.39 is 5.82 Å². The van der Waals surface area contributed by atoms with Gasteiger partial charge in [-0.25, -0.2) is 4.39 Å². The molecule has 1 heterocycles. The second kappa shape index (κ2) is 4.60. The molecule has 0 bridgehead atoms. The van der Waals surface area contributed by atoms with Crippen LogP contribution in [0.1, 0.15) is 17.3 Å².